The molecule has 0 bridgehead atoms. The van der Waals surface area contributed by atoms with Crippen LogP contribution in [0.15, 0.2) is 29.1 Å². The SMILES string of the molecule is O=c1n(C[C@@H](O)CN2CCCCCC2)c2ccccc2n1C[C@@H](O)CN1CCCCCC1. The summed E-state index contributed by atoms with van der Waals surface area (Å²) < 4.78 is 3.38. The van der Waals surface area contributed by atoms with Gasteiger partial charge in [0.25, 0.3) is 0 Å². The summed E-state index contributed by atoms with van der Waals surface area (Å²) in [6.07, 6.45) is 8.60. The lowest BCUT2D eigenvalue weighted by atomic mass is 10.2. The molecule has 0 saturated carbocycles. The average molecular weight is 445 g/mol. The molecular weight excluding hydrogens is 404 g/mol. The topological polar surface area (TPSA) is 73.9 Å². The minimum Gasteiger partial charge on any atom is -0.390 e. The maximum absolute atomic E-state index is 13.3. The fourth-order valence-corrected chi connectivity index (χ4v) is 5.40. The van der Waals surface area contributed by atoms with E-state index in [1.807, 2.05) is 24.3 Å². The number of benzene rings is 1. The molecule has 0 amide bonds. The fourth-order valence-electron chi connectivity index (χ4n) is 5.40. The fraction of sp³-hybridized carbons (Fsp3) is 0.720. The summed E-state index contributed by atoms with van der Waals surface area (Å²) in [6, 6.07) is 7.73. The van der Waals surface area contributed by atoms with E-state index in [0.29, 0.717) is 13.1 Å². The van der Waals surface area contributed by atoms with Crippen LogP contribution in [-0.2, 0) is 13.1 Å². The Morgan fingerprint density at radius 1 is 0.625 bits per heavy atom. The van der Waals surface area contributed by atoms with Gasteiger partial charge < -0.3 is 20.0 Å². The summed E-state index contributed by atoms with van der Waals surface area (Å²) in [7, 11) is 0. The Morgan fingerprint density at radius 3 is 1.38 bits per heavy atom. The predicted octanol–water partition coefficient (Wildman–Crippen LogP) is 2.28. The summed E-state index contributed by atoms with van der Waals surface area (Å²) in [4.78, 5) is 18.0. The van der Waals surface area contributed by atoms with Crippen molar-refractivity contribution >= 4 is 11.0 Å². The van der Waals surface area contributed by atoms with Crippen LogP contribution in [-0.4, -0.2) is 80.6 Å². The van der Waals surface area contributed by atoms with Gasteiger partial charge in [-0.15, -0.1) is 0 Å². The first kappa shape index (κ1) is 23.5. The molecule has 1 aromatic carbocycles. The zero-order chi connectivity index (χ0) is 22.3. The summed E-state index contributed by atoms with van der Waals surface area (Å²) in [5.41, 5.74) is 1.51. The molecule has 2 aliphatic heterocycles. The van der Waals surface area contributed by atoms with E-state index < -0.39 is 12.2 Å². The molecule has 2 aliphatic rings. The predicted molar refractivity (Wildman–Crippen MR) is 128 cm³/mol. The molecule has 0 unspecified atom stereocenters. The highest BCUT2D eigenvalue weighted by Gasteiger charge is 2.21. The molecule has 0 spiro atoms. The van der Waals surface area contributed by atoms with E-state index >= 15 is 0 Å². The quantitative estimate of drug-likeness (QED) is 0.654. The number of aliphatic hydroxyl groups is 2. The second-order valence-corrected chi connectivity index (χ2v) is 9.73. The number of hydrogen-bond donors (Lipinski definition) is 2. The number of β-amino-alcohol motifs (C(OH)–C–C–N with tert-alkyl or cyclic N) is 2. The molecule has 2 atom stereocenters. The number of aromatic nitrogens is 2. The summed E-state index contributed by atoms with van der Waals surface area (Å²) in [6.45, 7) is 5.86. The van der Waals surface area contributed by atoms with Gasteiger partial charge in [-0.25, -0.2) is 4.79 Å². The normalized spacial score (nSPS) is 21.3. The van der Waals surface area contributed by atoms with Gasteiger partial charge in [0.1, 0.15) is 0 Å². The van der Waals surface area contributed by atoms with Gasteiger partial charge in [-0.2, -0.15) is 0 Å². The van der Waals surface area contributed by atoms with E-state index in [2.05, 4.69) is 9.80 Å². The van der Waals surface area contributed by atoms with Crippen molar-refractivity contribution in [1.82, 2.24) is 18.9 Å². The van der Waals surface area contributed by atoms with E-state index in [4.69, 9.17) is 0 Å². The van der Waals surface area contributed by atoms with Crippen LogP contribution in [0.25, 0.3) is 11.0 Å². The maximum Gasteiger partial charge on any atom is 0.329 e. The van der Waals surface area contributed by atoms with Gasteiger partial charge in [0.15, 0.2) is 0 Å². The van der Waals surface area contributed by atoms with Crippen molar-refractivity contribution in [2.24, 2.45) is 0 Å². The lowest BCUT2D eigenvalue weighted by molar-refractivity contribution is 0.0955. The Labute approximate surface area is 191 Å². The molecule has 7 heteroatoms. The Hall–Kier alpha value is -1.67. The molecule has 2 aromatic rings. The van der Waals surface area contributed by atoms with Crippen molar-refractivity contribution in [2.75, 3.05) is 39.3 Å². The second-order valence-electron chi connectivity index (χ2n) is 9.73. The molecule has 4 rings (SSSR count). The number of aliphatic hydroxyl groups excluding tert-OH is 2. The number of rotatable bonds is 8. The van der Waals surface area contributed by atoms with Gasteiger partial charge in [0.05, 0.1) is 36.3 Å². The number of likely N-dealkylation sites (tertiary alicyclic amines) is 2. The highest BCUT2D eigenvalue weighted by molar-refractivity contribution is 5.76. The minimum atomic E-state index is -0.591. The Kier molecular flexibility index (Phi) is 8.41. The smallest absolute Gasteiger partial charge is 0.329 e. The molecule has 178 valence electrons. The van der Waals surface area contributed by atoms with Gasteiger partial charge in [-0.05, 0) is 64.0 Å². The lowest BCUT2D eigenvalue weighted by Gasteiger charge is -2.23. The van der Waals surface area contributed by atoms with Gasteiger partial charge in [-0.3, -0.25) is 9.13 Å². The highest BCUT2D eigenvalue weighted by Crippen LogP contribution is 2.16. The first-order valence-corrected chi connectivity index (χ1v) is 12.6. The van der Waals surface area contributed by atoms with Crippen molar-refractivity contribution in [3.05, 3.63) is 34.7 Å². The Morgan fingerprint density at radius 2 is 1.00 bits per heavy atom. The summed E-state index contributed by atoms with van der Waals surface area (Å²) >= 11 is 0. The van der Waals surface area contributed by atoms with E-state index in [0.717, 1.165) is 37.2 Å². The molecule has 2 saturated heterocycles. The third kappa shape index (κ3) is 6.01. The van der Waals surface area contributed by atoms with Crippen LogP contribution in [0.5, 0.6) is 0 Å². The standard InChI is InChI=1S/C25H40N4O3/c30-21(17-26-13-7-1-2-8-14-26)19-28-23-11-5-6-12-24(23)29(25(28)32)20-22(31)18-27-15-9-3-4-10-16-27/h5-6,11-12,21-22,30-31H,1-4,7-10,13-20H2/t21-,22-/m0/s1. The molecule has 2 N–H and O–H groups in total. The van der Waals surface area contributed by atoms with Crippen LogP contribution >= 0.6 is 0 Å². The monoisotopic (exact) mass is 444 g/mol. The number of imidazole rings is 1. The number of hydrogen-bond acceptors (Lipinski definition) is 5. The molecule has 0 radical (unpaired) electrons. The third-order valence-electron chi connectivity index (χ3n) is 7.05. The Bertz CT molecular complexity index is 822. The van der Waals surface area contributed by atoms with Crippen LogP contribution in [0.1, 0.15) is 51.4 Å². The molecule has 3 heterocycles. The lowest BCUT2D eigenvalue weighted by Crippen LogP contribution is -2.39. The Balaban J connectivity index is 1.46. The first-order valence-electron chi connectivity index (χ1n) is 12.6. The van der Waals surface area contributed by atoms with Crippen LogP contribution in [0.2, 0.25) is 0 Å². The number of para-hydroxylation sites is 2. The number of nitrogens with zero attached hydrogens (tertiary/aromatic N) is 4. The molecule has 32 heavy (non-hydrogen) atoms. The van der Waals surface area contributed by atoms with Crippen LogP contribution < -0.4 is 5.69 Å². The largest absolute Gasteiger partial charge is 0.390 e. The van der Waals surface area contributed by atoms with Crippen LogP contribution in [0.4, 0.5) is 0 Å². The molecule has 2 fully saturated rings. The van der Waals surface area contributed by atoms with E-state index in [9.17, 15) is 15.0 Å². The van der Waals surface area contributed by atoms with E-state index in [1.165, 1.54) is 51.4 Å². The van der Waals surface area contributed by atoms with Gasteiger partial charge in [0.2, 0.25) is 0 Å². The summed E-state index contributed by atoms with van der Waals surface area (Å²) in [5.74, 6) is 0. The zero-order valence-corrected chi connectivity index (χ0v) is 19.4. The van der Waals surface area contributed by atoms with Crippen LogP contribution in [0.3, 0.4) is 0 Å². The van der Waals surface area contributed by atoms with Crippen molar-refractivity contribution in [3.8, 4) is 0 Å². The second kappa shape index (κ2) is 11.5. The molecule has 1 aromatic heterocycles. The van der Waals surface area contributed by atoms with Gasteiger partial charge in [0, 0.05) is 13.1 Å². The number of fused-ring (bicyclic) bond motifs is 1. The average Bonchev–Trinajstić information content (AvgIpc) is 3.07. The molecule has 0 aliphatic carbocycles. The van der Waals surface area contributed by atoms with E-state index in [-0.39, 0.29) is 18.8 Å². The van der Waals surface area contributed by atoms with Gasteiger partial charge >= 0.3 is 5.69 Å². The van der Waals surface area contributed by atoms with Crippen molar-refractivity contribution in [1.29, 1.82) is 0 Å². The molecule has 7 nitrogen and oxygen atoms in total. The first-order chi connectivity index (χ1) is 15.6. The van der Waals surface area contributed by atoms with Crippen LogP contribution in [0, 0.1) is 0 Å². The van der Waals surface area contributed by atoms with Crippen molar-refractivity contribution in [2.45, 2.75) is 76.7 Å². The van der Waals surface area contributed by atoms with Crippen molar-refractivity contribution < 1.29 is 10.2 Å². The van der Waals surface area contributed by atoms with Crippen molar-refractivity contribution in [3.63, 3.8) is 0 Å². The van der Waals surface area contributed by atoms with Gasteiger partial charge in [-0.1, -0.05) is 37.8 Å². The minimum absolute atomic E-state index is 0.143. The zero-order valence-electron chi connectivity index (χ0n) is 19.4. The molecular formula is C25H40N4O3. The summed E-state index contributed by atoms with van der Waals surface area (Å²) in [5, 5.41) is 21.6. The third-order valence-corrected chi connectivity index (χ3v) is 7.05. The van der Waals surface area contributed by atoms with E-state index in [1.54, 1.807) is 9.13 Å². The highest BCUT2D eigenvalue weighted by atomic mass is 16.3. The maximum atomic E-state index is 13.3.